The van der Waals surface area contributed by atoms with Gasteiger partial charge in [-0.25, -0.2) is 0 Å². The second kappa shape index (κ2) is 13.3. The van der Waals surface area contributed by atoms with Crippen LogP contribution in [0, 0.1) is 0 Å². The fourth-order valence-corrected chi connectivity index (χ4v) is 11.7. The number of rotatable bonds is 7. The molecule has 13 rings (SSSR count). The maximum Gasteiger partial charge on any atom is 0.256 e. The van der Waals surface area contributed by atoms with Crippen LogP contribution in [0.3, 0.4) is 0 Å². The lowest BCUT2D eigenvalue weighted by Gasteiger charge is -2.44. The molecule has 0 radical (unpaired) electrons. The molecule has 5 aliphatic rings. The highest BCUT2D eigenvalue weighted by Crippen LogP contribution is 2.64. The van der Waals surface area contributed by atoms with Gasteiger partial charge in [0.25, 0.3) is 6.71 Å². The van der Waals surface area contributed by atoms with Gasteiger partial charge in [-0.3, -0.25) is 0 Å². The number of fused-ring (bicyclic) bond motifs is 8. The molecule has 4 nitrogen and oxygen atoms in total. The molecular weight excluding hydrogens is 753 g/mol. The number of nitrogens with zero attached hydrogens (tertiary/aromatic N) is 3. The summed E-state index contributed by atoms with van der Waals surface area (Å²) < 4.78 is 7.06. The molecule has 2 heterocycles. The van der Waals surface area contributed by atoms with Crippen molar-refractivity contribution in [3.8, 4) is 11.5 Å². The van der Waals surface area contributed by atoms with Gasteiger partial charge in [0, 0.05) is 57.0 Å². The zero-order valence-electron chi connectivity index (χ0n) is 34.4. The molecule has 2 aliphatic heterocycles. The molecule has 8 aromatic carbocycles. The van der Waals surface area contributed by atoms with Crippen molar-refractivity contribution in [2.45, 2.75) is 30.7 Å². The number of para-hydroxylation sites is 5. The quantitative estimate of drug-likeness (QED) is 0.150. The molecule has 0 amide bonds. The van der Waals surface area contributed by atoms with Crippen molar-refractivity contribution in [2.75, 3.05) is 14.7 Å². The Labute approximate surface area is 363 Å². The average Bonchev–Trinajstić information content (AvgIpc) is 3.69. The van der Waals surface area contributed by atoms with Crippen LogP contribution in [-0.2, 0) is 5.41 Å². The molecule has 0 spiro atoms. The van der Waals surface area contributed by atoms with Crippen molar-refractivity contribution in [3.05, 3.63) is 229 Å². The van der Waals surface area contributed by atoms with E-state index in [2.05, 4.69) is 234 Å². The first-order valence-corrected chi connectivity index (χ1v) is 21.8. The van der Waals surface area contributed by atoms with Gasteiger partial charge in [0.2, 0.25) is 0 Å². The highest BCUT2D eigenvalue weighted by atomic mass is 16.5. The van der Waals surface area contributed by atoms with Crippen LogP contribution in [-0.4, -0.2) is 12.3 Å². The van der Waals surface area contributed by atoms with E-state index in [9.17, 15) is 0 Å². The predicted octanol–water partition coefficient (Wildman–Crippen LogP) is 12.5. The fraction of sp³-hybridized carbons (Fsp3) is 0.0877. The minimum atomic E-state index is -0.204. The molecule has 2 atom stereocenters. The number of hydrogen-bond acceptors (Lipinski definition) is 4. The molecule has 5 heteroatoms. The molecule has 2 bridgehead atoms. The van der Waals surface area contributed by atoms with Gasteiger partial charge in [-0.15, -0.1) is 0 Å². The molecule has 294 valence electrons. The van der Waals surface area contributed by atoms with E-state index in [1.165, 1.54) is 50.2 Å². The summed E-state index contributed by atoms with van der Waals surface area (Å²) >= 11 is 0. The summed E-state index contributed by atoms with van der Waals surface area (Å²) in [6, 6.07) is 72.6. The summed E-state index contributed by atoms with van der Waals surface area (Å²) in [6.45, 7) is 2.50. The highest BCUT2D eigenvalue weighted by molar-refractivity contribution is 6.99. The number of ether oxygens (including phenoxy) is 1. The Hall–Kier alpha value is -7.50. The highest BCUT2D eigenvalue weighted by Gasteiger charge is 2.58. The third-order valence-electron chi connectivity index (χ3n) is 14.2. The number of allylic oxidation sites excluding steroid dienone is 2. The van der Waals surface area contributed by atoms with E-state index in [4.69, 9.17) is 4.74 Å². The Balaban J connectivity index is 0.995. The van der Waals surface area contributed by atoms with Gasteiger partial charge in [-0.1, -0.05) is 128 Å². The van der Waals surface area contributed by atoms with Gasteiger partial charge < -0.3 is 19.4 Å². The summed E-state index contributed by atoms with van der Waals surface area (Å²) in [6.07, 6.45) is 6.95. The van der Waals surface area contributed by atoms with Crippen molar-refractivity contribution in [1.29, 1.82) is 0 Å². The van der Waals surface area contributed by atoms with Crippen molar-refractivity contribution < 1.29 is 4.74 Å². The molecular formula is C57H42BN3O. The lowest BCUT2D eigenvalue weighted by atomic mass is 9.34. The Morgan fingerprint density at radius 3 is 1.81 bits per heavy atom. The third-order valence-corrected chi connectivity index (χ3v) is 14.2. The van der Waals surface area contributed by atoms with Crippen LogP contribution in [0.2, 0.25) is 0 Å². The molecule has 3 aliphatic carbocycles. The number of anilines is 8. The Morgan fingerprint density at radius 1 is 0.548 bits per heavy atom. The van der Waals surface area contributed by atoms with Crippen LogP contribution >= 0.6 is 0 Å². The van der Waals surface area contributed by atoms with E-state index in [1.54, 1.807) is 5.57 Å². The van der Waals surface area contributed by atoms with E-state index in [1.807, 2.05) is 0 Å². The second-order valence-corrected chi connectivity index (χ2v) is 17.6. The van der Waals surface area contributed by atoms with E-state index in [0.29, 0.717) is 0 Å². The molecule has 0 saturated heterocycles. The number of benzene rings is 8. The first kappa shape index (κ1) is 35.3. The maximum atomic E-state index is 7.06. The van der Waals surface area contributed by atoms with Crippen LogP contribution in [0.5, 0.6) is 11.5 Å². The second-order valence-electron chi connectivity index (χ2n) is 17.6. The topological polar surface area (TPSA) is 19.0 Å². The summed E-state index contributed by atoms with van der Waals surface area (Å²) in [5.74, 6) is 1.80. The van der Waals surface area contributed by atoms with Gasteiger partial charge in [0.15, 0.2) is 0 Å². The molecule has 1 fully saturated rings. The van der Waals surface area contributed by atoms with Gasteiger partial charge in [0.05, 0.1) is 5.54 Å². The van der Waals surface area contributed by atoms with Crippen LogP contribution in [0.15, 0.2) is 218 Å². The summed E-state index contributed by atoms with van der Waals surface area (Å²) in [7, 11) is 0. The van der Waals surface area contributed by atoms with Crippen molar-refractivity contribution in [1.82, 2.24) is 0 Å². The standard InChI is InChI=1S/C57H42BN3O/c1-56-38-57(61(42-24-13-5-14-25-42)43-26-15-6-16-27-43)33-32-45(48(56)37-57)46-35-52-50(36-47(46)56)58-49-31-30-44(59(39-18-7-2-8-19-39)40-20-9-3-10-21-40)34-54(49)62-53-29-17-28-51(55(53)58)60(52)41-22-11-4-12-23-41/h2-36H,37-38H2,1H3. The fourth-order valence-electron chi connectivity index (χ4n) is 11.7. The van der Waals surface area contributed by atoms with E-state index in [-0.39, 0.29) is 17.7 Å². The average molecular weight is 796 g/mol. The Bertz CT molecular complexity index is 3060. The third kappa shape index (κ3) is 5.02. The van der Waals surface area contributed by atoms with E-state index in [0.717, 1.165) is 52.8 Å². The van der Waals surface area contributed by atoms with Crippen LogP contribution in [0.4, 0.5) is 45.5 Å². The maximum absolute atomic E-state index is 7.06. The minimum absolute atomic E-state index is 0.0213. The largest absolute Gasteiger partial charge is 0.458 e. The summed E-state index contributed by atoms with van der Waals surface area (Å²) in [4.78, 5) is 7.40. The molecule has 1 saturated carbocycles. The zero-order valence-corrected chi connectivity index (χ0v) is 34.4. The summed E-state index contributed by atoms with van der Waals surface area (Å²) in [5.41, 5.74) is 18.4. The molecule has 2 unspecified atom stereocenters. The number of hydrogen-bond donors (Lipinski definition) is 0. The smallest absolute Gasteiger partial charge is 0.256 e. The van der Waals surface area contributed by atoms with Crippen LogP contribution < -0.4 is 35.8 Å². The van der Waals surface area contributed by atoms with Crippen LogP contribution in [0.1, 0.15) is 30.9 Å². The van der Waals surface area contributed by atoms with Gasteiger partial charge in [-0.2, -0.15) is 0 Å². The Kier molecular flexibility index (Phi) is 7.54. The molecule has 62 heavy (non-hydrogen) atoms. The molecule has 0 N–H and O–H groups in total. The summed E-state index contributed by atoms with van der Waals surface area (Å²) in [5, 5.41) is 0. The minimum Gasteiger partial charge on any atom is -0.458 e. The first-order valence-electron chi connectivity index (χ1n) is 21.8. The van der Waals surface area contributed by atoms with E-state index < -0.39 is 0 Å². The van der Waals surface area contributed by atoms with Gasteiger partial charge in [-0.05, 0) is 136 Å². The normalized spacial score (nSPS) is 19.3. The van der Waals surface area contributed by atoms with Gasteiger partial charge >= 0.3 is 0 Å². The SMILES string of the molecule is CC12CC3(N(c4ccccc4)c4ccccc4)C=CC(=C1C3)c1cc3c(cc12)B1c2ccc(N(c4ccccc4)c4ccccc4)cc2Oc2cccc(c21)N3c1ccccc1. The van der Waals surface area contributed by atoms with E-state index >= 15 is 0 Å². The Morgan fingerprint density at radius 2 is 1.16 bits per heavy atom. The van der Waals surface area contributed by atoms with Crippen molar-refractivity contribution in [3.63, 3.8) is 0 Å². The van der Waals surface area contributed by atoms with Crippen molar-refractivity contribution in [2.24, 2.45) is 0 Å². The van der Waals surface area contributed by atoms with Crippen LogP contribution in [0.25, 0.3) is 5.57 Å². The molecule has 0 aromatic heterocycles. The first-order chi connectivity index (χ1) is 30.6. The lowest BCUT2D eigenvalue weighted by Crippen LogP contribution is -2.59. The zero-order chi connectivity index (χ0) is 41.0. The van der Waals surface area contributed by atoms with Gasteiger partial charge in [0.1, 0.15) is 11.5 Å². The monoisotopic (exact) mass is 795 g/mol. The van der Waals surface area contributed by atoms with Crippen molar-refractivity contribution >= 4 is 74.2 Å². The lowest BCUT2D eigenvalue weighted by molar-refractivity contribution is 0.466. The predicted molar refractivity (Wildman–Crippen MR) is 257 cm³/mol. The molecule has 8 aromatic rings.